The van der Waals surface area contributed by atoms with Crippen LogP contribution in [0, 0.1) is 0 Å². The van der Waals surface area contributed by atoms with E-state index >= 15 is 0 Å². The zero-order chi connectivity index (χ0) is 34.9. The Morgan fingerprint density at radius 1 is 0.245 bits per heavy atom. The summed E-state index contributed by atoms with van der Waals surface area (Å²) in [7, 11) is 0. The number of fused-ring (bicyclic) bond motifs is 7. The first-order valence-electron chi connectivity index (χ1n) is 18.3. The van der Waals surface area contributed by atoms with Crippen LogP contribution in [0.1, 0.15) is 0 Å². The van der Waals surface area contributed by atoms with Crippen LogP contribution in [0.5, 0.6) is 0 Å². The first-order chi connectivity index (χ1) is 26.3. The van der Waals surface area contributed by atoms with Crippen LogP contribution in [-0.4, -0.2) is 0 Å². The molecular formula is C52H32O. The summed E-state index contributed by atoms with van der Waals surface area (Å²) in [5.41, 5.74) is 11.7. The highest BCUT2D eigenvalue weighted by atomic mass is 16.3. The Morgan fingerprint density at radius 3 is 1.26 bits per heavy atom. The highest BCUT2D eigenvalue weighted by molar-refractivity contribution is 6.24. The fourth-order valence-corrected chi connectivity index (χ4v) is 8.61. The molecule has 11 rings (SSSR count). The molecule has 53 heavy (non-hydrogen) atoms. The summed E-state index contributed by atoms with van der Waals surface area (Å²) < 4.78 is 6.44. The number of furan rings is 1. The third-order valence-electron chi connectivity index (χ3n) is 11.0. The summed E-state index contributed by atoms with van der Waals surface area (Å²) in [6.45, 7) is 0. The molecule has 1 heteroatoms. The lowest BCUT2D eigenvalue weighted by atomic mass is 9.81. The van der Waals surface area contributed by atoms with E-state index in [1.165, 1.54) is 87.6 Å². The Hall–Kier alpha value is -6.96. The second kappa shape index (κ2) is 11.8. The largest absolute Gasteiger partial charge is 0.456 e. The van der Waals surface area contributed by atoms with Gasteiger partial charge in [-0.25, -0.2) is 0 Å². The van der Waals surface area contributed by atoms with Gasteiger partial charge in [-0.1, -0.05) is 164 Å². The van der Waals surface area contributed by atoms with Crippen molar-refractivity contribution in [3.63, 3.8) is 0 Å². The molecule has 0 bridgehead atoms. The van der Waals surface area contributed by atoms with Crippen LogP contribution in [0.2, 0.25) is 0 Å². The Kier molecular flexibility index (Phi) is 6.62. The molecule has 0 unspecified atom stereocenters. The normalized spacial score (nSPS) is 11.8. The molecule has 0 saturated heterocycles. The Balaban J connectivity index is 1.20. The highest BCUT2D eigenvalue weighted by Crippen LogP contribution is 2.49. The predicted molar refractivity (Wildman–Crippen MR) is 225 cm³/mol. The fourth-order valence-electron chi connectivity index (χ4n) is 8.61. The van der Waals surface area contributed by atoms with Crippen molar-refractivity contribution in [2.75, 3.05) is 0 Å². The van der Waals surface area contributed by atoms with Gasteiger partial charge in [-0.3, -0.25) is 0 Å². The minimum Gasteiger partial charge on any atom is -0.456 e. The molecule has 0 aliphatic rings. The zero-order valence-corrected chi connectivity index (χ0v) is 28.9. The molecule has 1 nitrogen and oxygen atoms in total. The van der Waals surface area contributed by atoms with Crippen molar-refractivity contribution in [3.8, 4) is 44.5 Å². The van der Waals surface area contributed by atoms with Gasteiger partial charge < -0.3 is 4.42 Å². The van der Waals surface area contributed by atoms with Gasteiger partial charge in [0, 0.05) is 10.8 Å². The van der Waals surface area contributed by atoms with Gasteiger partial charge >= 0.3 is 0 Å². The maximum atomic E-state index is 6.44. The summed E-state index contributed by atoms with van der Waals surface area (Å²) in [6, 6.07) is 70.7. The topological polar surface area (TPSA) is 13.1 Å². The SMILES string of the molecule is c1ccc(-c2cccc(-c3ccccc3)c2-c2c3ccccc3c(-c3ccc4cc5oc6cc7ccccc7cc6c5cc4c3)c3ccccc23)cc1. The van der Waals surface area contributed by atoms with Crippen molar-refractivity contribution in [1.29, 1.82) is 0 Å². The van der Waals surface area contributed by atoms with Gasteiger partial charge in [0.2, 0.25) is 0 Å². The molecule has 0 spiro atoms. The van der Waals surface area contributed by atoms with Crippen LogP contribution >= 0.6 is 0 Å². The Morgan fingerprint density at radius 2 is 0.698 bits per heavy atom. The molecule has 0 N–H and O–H groups in total. The maximum Gasteiger partial charge on any atom is 0.136 e. The number of hydrogen-bond donors (Lipinski definition) is 0. The second-order valence-electron chi connectivity index (χ2n) is 14.0. The van der Waals surface area contributed by atoms with Crippen molar-refractivity contribution in [1.82, 2.24) is 0 Å². The minimum atomic E-state index is 0.919. The molecule has 0 aliphatic carbocycles. The van der Waals surface area contributed by atoms with Gasteiger partial charge in [0.25, 0.3) is 0 Å². The molecule has 0 atom stereocenters. The lowest BCUT2D eigenvalue weighted by Gasteiger charge is -2.22. The monoisotopic (exact) mass is 672 g/mol. The van der Waals surface area contributed by atoms with Crippen molar-refractivity contribution in [2.45, 2.75) is 0 Å². The molecule has 0 amide bonds. The molecule has 246 valence electrons. The van der Waals surface area contributed by atoms with Gasteiger partial charge in [-0.05, 0) is 118 Å². The fraction of sp³-hybridized carbons (Fsp3) is 0. The van der Waals surface area contributed by atoms with Gasteiger partial charge in [-0.2, -0.15) is 0 Å². The van der Waals surface area contributed by atoms with E-state index in [9.17, 15) is 0 Å². The molecule has 0 saturated carbocycles. The van der Waals surface area contributed by atoms with Crippen LogP contribution in [0.4, 0.5) is 0 Å². The Bertz CT molecular complexity index is 3090. The lowest BCUT2D eigenvalue weighted by Crippen LogP contribution is -1.95. The number of rotatable bonds is 4. The average molecular weight is 673 g/mol. The standard InChI is InChI=1S/C52H32O/c1-3-14-33(15-4-1)40-24-13-25-41(34-16-5-2-6-17-34)51(40)52-44-22-11-9-20-42(44)50(43-21-10-12-23-45(43)52)38-27-26-37-32-49-47(30-39(37)28-38)46-29-35-18-7-8-19-36(35)31-48(46)53-49/h1-32H. The molecule has 0 aliphatic heterocycles. The van der Waals surface area contributed by atoms with E-state index in [0.717, 1.165) is 21.9 Å². The van der Waals surface area contributed by atoms with E-state index in [1.54, 1.807) is 0 Å². The van der Waals surface area contributed by atoms with E-state index in [-0.39, 0.29) is 0 Å². The molecule has 1 aromatic heterocycles. The second-order valence-corrected chi connectivity index (χ2v) is 14.0. The van der Waals surface area contributed by atoms with E-state index in [4.69, 9.17) is 4.42 Å². The van der Waals surface area contributed by atoms with Crippen LogP contribution in [-0.2, 0) is 0 Å². The minimum absolute atomic E-state index is 0.919. The van der Waals surface area contributed by atoms with Crippen LogP contribution < -0.4 is 0 Å². The van der Waals surface area contributed by atoms with E-state index in [0.29, 0.717) is 0 Å². The summed E-state index contributed by atoms with van der Waals surface area (Å²) in [5, 5.41) is 12.0. The summed E-state index contributed by atoms with van der Waals surface area (Å²) in [5.74, 6) is 0. The first kappa shape index (κ1) is 29.7. The van der Waals surface area contributed by atoms with Crippen molar-refractivity contribution in [3.05, 3.63) is 194 Å². The van der Waals surface area contributed by atoms with Crippen molar-refractivity contribution < 1.29 is 4.42 Å². The molecule has 10 aromatic carbocycles. The van der Waals surface area contributed by atoms with Crippen LogP contribution in [0.25, 0.3) is 110 Å². The van der Waals surface area contributed by atoms with E-state index in [1.807, 2.05) is 0 Å². The number of hydrogen-bond acceptors (Lipinski definition) is 1. The van der Waals surface area contributed by atoms with Gasteiger partial charge in [-0.15, -0.1) is 0 Å². The maximum absolute atomic E-state index is 6.44. The molecule has 0 radical (unpaired) electrons. The van der Waals surface area contributed by atoms with E-state index < -0.39 is 0 Å². The summed E-state index contributed by atoms with van der Waals surface area (Å²) >= 11 is 0. The van der Waals surface area contributed by atoms with Crippen molar-refractivity contribution in [2.24, 2.45) is 0 Å². The third-order valence-corrected chi connectivity index (χ3v) is 11.0. The Labute approximate surface area is 307 Å². The third kappa shape index (κ3) is 4.71. The molecule has 0 fully saturated rings. The van der Waals surface area contributed by atoms with Gasteiger partial charge in [0.05, 0.1) is 0 Å². The zero-order valence-electron chi connectivity index (χ0n) is 28.9. The van der Waals surface area contributed by atoms with Crippen LogP contribution in [0.15, 0.2) is 199 Å². The molecular weight excluding hydrogens is 641 g/mol. The van der Waals surface area contributed by atoms with Crippen LogP contribution in [0.3, 0.4) is 0 Å². The predicted octanol–water partition coefficient (Wildman–Crippen LogP) is 14.9. The highest BCUT2D eigenvalue weighted by Gasteiger charge is 2.22. The average Bonchev–Trinajstić information content (AvgIpc) is 3.57. The quantitative estimate of drug-likeness (QED) is 0.170. The smallest absolute Gasteiger partial charge is 0.136 e. The number of benzene rings is 10. The van der Waals surface area contributed by atoms with Crippen molar-refractivity contribution >= 4 is 65.0 Å². The van der Waals surface area contributed by atoms with E-state index in [2.05, 4.69) is 194 Å². The van der Waals surface area contributed by atoms with Gasteiger partial charge in [0.15, 0.2) is 0 Å². The molecule has 1 heterocycles. The summed E-state index contributed by atoms with van der Waals surface area (Å²) in [6.07, 6.45) is 0. The molecule has 11 aromatic rings. The van der Waals surface area contributed by atoms with Gasteiger partial charge in [0.1, 0.15) is 11.2 Å². The summed E-state index contributed by atoms with van der Waals surface area (Å²) in [4.78, 5) is 0. The lowest BCUT2D eigenvalue weighted by molar-refractivity contribution is 0.670. The first-order valence-corrected chi connectivity index (χ1v) is 18.3.